The minimum atomic E-state index is -5.15. The number of halogens is 4. The zero-order chi connectivity index (χ0) is 21.8. The molecule has 29 heavy (non-hydrogen) atoms. The van der Waals surface area contributed by atoms with Gasteiger partial charge in [0, 0.05) is 11.1 Å². The highest BCUT2D eigenvalue weighted by Crippen LogP contribution is 2.21. The van der Waals surface area contributed by atoms with E-state index in [4.69, 9.17) is 0 Å². The number of carbonyl (C=O) groups excluding carboxylic acids is 2. The van der Waals surface area contributed by atoms with Crippen LogP contribution >= 0.6 is 0 Å². The van der Waals surface area contributed by atoms with E-state index in [1.54, 1.807) is 0 Å². The van der Waals surface area contributed by atoms with Crippen molar-refractivity contribution in [2.45, 2.75) is 12.7 Å². The summed E-state index contributed by atoms with van der Waals surface area (Å²) in [6.45, 7) is -1.41. The van der Waals surface area contributed by atoms with Crippen LogP contribution < -0.4 is 9.62 Å². The van der Waals surface area contributed by atoms with Gasteiger partial charge in [0.2, 0.25) is 10.0 Å². The van der Waals surface area contributed by atoms with Crippen molar-refractivity contribution in [2.75, 3.05) is 17.1 Å². The molecule has 8 nitrogen and oxygen atoms in total. The van der Waals surface area contributed by atoms with Crippen LogP contribution in [0.25, 0.3) is 0 Å². The van der Waals surface area contributed by atoms with E-state index in [0.717, 1.165) is 28.8 Å². The fourth-order valence-electron chi connectivity index (χ4n) is 2.19. The third kappa shape index (κ3) is 5.94. The van der Waals surface area contributed by atoms with Crippen LogP contribution in [0.3, 0.4) is 0 Å². The molecular formula is C16H14F4N4O4S. The second-order valence-electron chi connectivity index (χ2n) is 5.78. The normalized spacial score (nSPS) is 11.8. The molecule has 0 radical (unpaired) electrons. The number of nitrogens with zero attached hydrogens (tertiary/aromatic N) is 3. The van der Waals surface area contributed by atoms with E-state index in [1.807, 2.05) is 0 Å². The van der Waals surface area contributed by atoms with E-state index < -0.39 is 46.8 Å². The van der Waals surface area contributed by atoms with E-state index in [2.05, 4.69) is 9.97 Å². The first-order valence-electron chi connectivity index (χ1n) is 7.79. The van der Waals surface area contributed by atoms with Gasteiger partial charge < -0.3 is 5.32 Å². The van der Waals surface area contributed by atoms with Crippen molar-refractivity contribution >= 4 is 27.4 Å². The highest BCUT2D eigenvalue weighted by molar-refractivity contribution is 7.92. The van der Waals surface area contributed by atoms with Crippen molar-refractivity contribution < 1.29 is 35.6 Å². The third-order valence-electron chi connectivity index (χ3n) is 3.59. The van der Waals surface area contributed by atoms with Gasteiger partial charge in [-0.25, -0.2) is 22.8 Å². The van der Waals surface area contributed by atoms with Crippen LogP contribution in [0.2, 0.25) is 0 Å². The number of carbonyl (C=O) groups is 2. The number of benzene rings is 1. The van der Waals surface area contributed by atoms with E-state index in [0.29, 0.717) is 0 Å². The lowest BCUT2D eigenvalue weighted by Crippen LogP contribution is -2.39. The molecule has 0 spiro atoms. The number of anilines is 1. The predicted molar refractivity (Wildman–Crippen MR) is 92.9 cm³/mol. The second kappa shape index (κ2) is 8.51. The number of alkyl halides is 3. The Hall–Kier alpha value is -3.09. The number of nitrogens with one attached hydrogen (secondary N) is 1. The van der Waals surface area contributed by atoms with Crippen molar-refractivity contribution in [3.63, 3.8) is 0 Å². The number of aromatic nitrogens is 2. The lowest BCUT2D eigenvalue weighted by Gasteiger charge is -2.22. The molecule has 1 amide bonds. The van der Waals surface area contributed by atoms with Crippen molar-refractivity contribution in [2.24, 2.45) is 0 Å². The SMILES string of the molecule is CS(=O)(=O)N(Cc1ccc(C(=O)CNC(=O)C(F)(F)F)cc1F)c1cncnc1. The summed E-state index contributed by atoms with van der Waals surface area (Å²) in [5.74, 6) is -4.20. The van der Waals surface area contributed by atoms with E-state index in [-0.39, 0.29) is 16.8 Å². The van der Waals surface area contributed by atoms with Gasteiger partial charge in [-0.2, -0.15) is 13.2 Å². The molecule has 0 saturated carbocycles. The van der Waals surface area contributed by atoms with E-state index in [9.17, 15) is 35.6 Å². The molecule has 156 valence electrons. The molecule has 0 atom stereocenters. The molecule has 0 aliphatic rings. The zero-order valence-electron chi connectivity index (χ0n) is 14.8. The van der Waals surface area contributed by atoms with Gasteiger partial charge in [-0.05, 0) is 6.07 Å². The predicted octanol–water partition coefficient (Wildman–Crippen LogP) is 1.44. The Morgan fingerprint density at radius 2 is 1.79 bits per heavy atom. The van der Waals surface area contributed by atoms with Gasteiger partial charge in [0.25, 0.3) is 0 Å². The first-order valence-corrected chi connectivity index (χ1v) is 9.64. The summed E-state index contributed by atoms with van der Waals surface area (Å²) < 4.78 is 75.7. The number of hydrogen-bond donors (Lipinski definition) is 1. The average molecular weight is 434 g/mol. The molecule has 2 aromatic rings. The van der Waals surface area contributed by atoms with Gasteiger partial charge in [0.15, 0.2) is 5.78 Å². The van der Waals surface area contributed by atoms with Crippen LogP contribution in [0, 0.1) is 5.82 Å². The Morgan fingerprint density at radius 1 is 1.17 bits per heavy atom. The van der Waals surface area contributed by atoms with Crippen LogP contribution in [-0.2, 0) is 21.4 Å². The topological polar surface area (TPSA) is 109 Å². The first-order chi connectivity index (χ1) is 13.4. The molecule has 0 unspecified atom stereocenters. The summed E-state index contributed by atoms with van der Waals surface area (Å²) >= 11 is 0. The number of amides is 1. The molecule has 1 aromatic carbocycles. The maximum atomic E-state index is 14.4. The summed E-state index contributed by atoms with van der Waals surface area (Å²) in [6, 6.07) is 2.98. The summed E-state index contributed by atoms with van der Waals surface area (Å²) in [5, 5.41) is 1.39. The van der Waals surface area contributed by atoms with Gasteiger partial charge in [-0.3, -0.25) is 13.9 Å². The van der Waals surface area contributed by atoms with Crippen molar-refractivity contribution in [1.29, 1.82) is 0 Å². The molecule has 0 saturated heterocycles. The standard InChI is InChI=1S/C16H14F4N4O4S/c1-29(27,28)24(12-5-21-9-22-6-12)8-11-3-2-10(4-13(11)17)14(25)7-23-15(26)16(18,19)20/h2-6,9H,7-8H2,1H3,(H,23,26). The summed E-state index contributed by atoms with van der Waals surface area (Å²) in [5.41, 5.74) is -0.303. The average Bonchev–Trinajstić information content (AvgIpc) is 2.63. The van der Waals surface area contributed by atoms with Crippen molar-refractivity contribution in [3.8, 4) is 0 Å². The van der Waals surface area contributed by atoms with Crippen LogP contribution in [0.5, 0.6) is 0 Å². The molecule has 0 fully saturated rings. The monoisotopic (exact) mass is 434 g/mol. The lowest BCUT2D eigenvalue weighted by molar-refractivity contribution is -0.173. The molecule has 1 heterocycles. The summed E-state index contributed by atoms with van der Waals surface area (Å²) in [6.07, 6.45) is -0.631. The summed E-state index contributed by atoms with van der Waals surface area (Å²) in [7, 11) is -3.83. The number of hydrogen-bond acceptors (Lipinski definition) is 6. The molecular weight excluding hydrogens is 420 g/mol. The highest BCUT2D eigenvalue weighted by atomic mass is 32.2. The smallest absolute Gasteiger partial charge is 0.341 e. The van der Waals surface area contributed by atoms with Crippen LogP contribution in [0.1, 0.15) is 15.9 Å². The summed E-state index contributed by atoms with van der Waals surface area (Å²) in [4.78, 5) is 30.0. The van der Waals surface area contributed by atoms with Crippen LogP contribution in [0.15, 0.2) is 36.9 Å². The molecule has 1 N–H and O–H groups in total. The zero-order valence-corrected chi connectivity index (χ0v) is 15.6. The Morgan fingerprint density at radius 3 is 2.31 bits per heavy atom. The van der Waals surface area contributed by atoms with Gasteiger partial charge in [0.05, 0.1) is 37.4 Å². The molecule has 2 rings (SSSR count). The van der Waals surface area contributed by atoms with E-state index in [1.165, 1.54) is 24.0 Å². The molecule has 0 aliphatic heterocycles. The van der Waals surface area contributed by atoms with Crippen LogP contribution in [-0.4, -0.2) is 49.1 Å². The fourth-order valence-corrected chi connectivity index (χ4v) is 3.04. The first kappa shape index (κ1) is 22.2. The van der Waals surface area contributed by atoms with Gasteiger partial charge in [-0.15, -0.1) is 0 Å². The lowest BCUT2D eigenvalue weighted by atomic mass is 10.1. The highest BCUT2D eigenvalue weighted by Gasteiger charge is 2.38. The minimum absolute atomic E-state index is 0.0874. The van der Waals surface area contributed by atoms with Crippen molar-refractivity contribution in [3.05, 3.63) is 53.9 Å². The van der Waals surface area contributed by atoms with Crippen LogP contribution in [0.4, 0.5) is 23.2 Å². The Labute approximate surface area is 162 Å². The van der Waals surface area contributed by atoms with Gasteiger partial charge in [0.1, 0.15) is 12.1 Å². The number of rotatable bonds is 7. The number of ketones is 1. The third-order valence-corrected chi connectivity index (χ3v) is 4.73. The van der Waals surface area contributed by atoms with Crippen molar-refractivity contribution in [1.82, 2.24) is 15.3 Å². The number of Topliss-reactive ketones (excluding diaryl/α,β-unsaturated/α-hetero) is 1. The Balaban J connectivity index is 2.18. The largest absolute Gasteiger partial charge is 0.471 e. The maximum absolute atomic E-state index is 14.4. The van der Waals surface area contributed by atoms with Gasteiger partial charge in [-0.1, -0.05) is 12.1 Å². The fraction of sp³-hybridized carbons (Fsp3) is 0.250. The molecule has 0 aliphatic carbocycles. The van der Waals surface area contributed by atoms with Gasteiger partial charge >= 0.3 is 12.1 Å². The quantitative estimate of drug-likeness (QED) is 0.522. The maximum Gasteiger partial charge on any atom is 0.471 e. The molecule has 13 heteroatoms. The second-order valence-corrected chi connectivity index (χ2v) is 7.68. The Bertz CT molecular complexity index is 1010. The molecule has 0 bridgehead atoms. The number of sulfonamides is 1. The van der Waals surface area contributed by atoms with E-state index >= 15 is 0 Å². The molecule has 1 aromatic heterocycles. The minimum Gasteiger partial charge on any atom is -0.341 e. The Kier molecular flexibility index (Phi) is 6.51.